The Hall–Kier alpha value is -0.900. The summed E-state index contributed by atoms with van der Waals surface area (Å²) in [4.78, 5) is 9.78. The van der Waals surface area contributed by atoms with Crippen LogP contribution in [0.4, 0.5) is 0 Å². The molecule has 0 rings (SSSR count). The molecule has 60 valence electrons. The van der Waals surface area contributed by atoms with Crippen molar-refractivity contribution in [3.63, 3.8) is 0 Å². The largest absolute Gasteiger partial charge is 0.270 e. The van der Waals surface area contributed by atoms with E-state index in [4.69, 9.17) is 0 Å². The number of hydrogen-bond acceptors (Lipinski definition) is 2. The Labute approximate surface area is 73.4 Å². The predicted octanol–water partition coefficient (Wildman–Crippen LogP) is 2.63. The Morgan fingerprint density at radius 3 is 2.55 bits per heavy atom. The minimum Gasteiger partial charge on any atom is -0.258 e. The first-order valence-electron chi connectivity index (χ1n) is 2.89. The van der Waals surface area contributed by atoms with Gasteiger partial charge in [0, 0.05) is 12.2 Å². The van der Waals surface area contributed by atoms with E-state index in [1.165, 1.54) is 18.2 Å². The summed E-state index contributed by atoms with van der Waals surface area (Å²) in [5, 5.41) is 10.2. The molecule has 0 aromatic carbocycles. The van der Waals surface area contributed by atoms with Crippen molar-refractivity contribution in [3.8, 4) is 0 Å². The molecule has 0 fully saturated rings. The van der Waals surface area contributed by atoms with Gasteiger partial charge < -0.3 is 0 Å². The van der Waals surface area contributed by atoms with Gasteiger partial charge in [-0.1, -0.05) is 28.6 Å². The van der Waals surface area contributed by atoms with Crippen molar-refractivity contribution >= 4 is 15.9 Å². The van der Waals surface area contributed by atoms with Gasteiger partial charge in [0.1, 0.15) is 0 Å². The molecule has 0 N–H and O–H groups in total. The van der Waals surface area contributed by atoms with Crippen molar-refractivity contribution in [1.29, 1.82) is 0 Å². The number of nitrogens with zero attached hydrogens (tertiary/aromatic N) is 1. The maximum atomic E-state index is 10.2. The molecule has 0 spiro atoms. The Morgan fingerprint density at radius 1 is 1.73 bits per heavy atom. The summed E-state index contributed by atoms with van der Waals surface area (Å²) in [6.45, 7) is 5.09. The minimum absolute atomic E-state index is 0.0226. The van der Waals surface area contributed by atoms with Crippen LogP contribution in [0, 0.1) is 10.1 Å². The summed E-state index contributed by atoms with van der Waals surface area (Å²) in [6.07, 6.45) is 4.14. The minimum atomic E-state index is -0.466. The Kier molecular flexibility index (Phi) is 4.45. The average Bonchev–Trinajstić information content (AvgIpc) is 1.86. The van der Waals surface area contributed by atoms with Crippen molar-refractivity contribution in [3.05, 3.63) is 45.1 Å². The zero-order valence-corrected chi connectivity index (χ0v) is 7.67. The fourth-order valence-corrected chi connectivity index (χ4v) is 0.721. The van der Waals surface area contributed by atoms with Crippen molar-refractivity contribution in [2.24, 2.45) is 0 Å². The molecule has 0 aliphatic rings. The van der Waals surface area contributed by atoms with Crippen LogP contribution in [0.15, 0.2) is 35.0 Å². The van der Waals surface area contributed by atoms with Crippen molar-refractivity contribution in [1.82, 2.24) is 0 Å². The molecule has 0 bridgehead atoms. The van der Waals surface area contributed by atoms with E-state index in [0.717, 1.165) is 0 Å². The highest BCUT2D eigenvalue weighted by molar-refractivity contribution is 9.11. The van der Waals surface area contributed by atoms with Crippen LogP contribution < -0.4 is 0 Å². The molecule has 0 heterocycles. The summed E-state index contributed by atoms with van der Waals surface area (Å²) in [6, 6.07) is 0. The van der Waals surface area contributed by atoms with Gasteiger partial charge in [0.15, 0.2) is 0 Å². The second kappa shape index (κ2) is 4.85. The number of nitro groups is 1. The van der Waals surface area contributed by atoms with Gasteiger partial charge >= 0.3 is 0 Å². The highest BCUT2D eigenvalue weighted by Gasteiger charge is 2.03. The lowest BCUT2D eigenvalue weighted by Gasteiger charge is -1.88. The zero-order valence-electron chi connectivity index (χ0n) is 6.08. The van der Waals surface area contributed by atoms with E-state index >= 15 is 0 Å². The third kappa shape index (κ3) is 4.50. The van der Waals surface area contributed by atoms with Gasteiger partial charge in [0.25, 0.3) is 5.70 Å². The Balaban J connectivity index is 4.63. The van der Waals surface area contributed by atoms with Crippen LogP contribution in [-0.4, -0.2) is 4.92 Å². The van der Waals surface area contributed by atoms with E-state index in [1.54, 1.807) is 6.92 Å². The number of allylic oxidation sites excluding steroid dienone is 4. The first-order chi connectivity index (χ1) is 5.07. The van der Waals surface area contributed by atoms with Crippen molar-refractivity contribution in [2.75, 3.05) is 0 Å². The van der Waals surface area contributed by atoms with Crippen LogP contribution in [0.5, 0.6) is 0 Å². The van der Waals surface area contributed by atoms with Gasteiger partial charge in [-0.15, -0.1) is 0 Å². The molecule has 11 heavy (non-hydrogen) atoms. The topological polar surface area (TPSA) is 43.1 Å². The molecule has 0 aliphatic heterocycles. The SMILES string of the molecule is C=C/C=C(\C=C(/C)Br)[N+](=O)[O-]. The predicted molar refractivity (Wildman–Crippen MR) is 48.0 cm³/mol. The molecule has 0 aromatic rings. The summed E-state index contributed by atoms with van der Waals surface area (Å²) in [5.41, 5.74) is 0.0226. The highest BCUT2D eigenvalue weighted by Crippen LogP contribution is 2.08. The Morgan fingerprint density at radius 2 is 2.27 bits per heavy atom. The van der Waals surface area contributed by atoms with Crippen LogP contribution >= 0.6 is 15.9 Å². The van der Waals surface area contributed by atoms with E-state index in [2.05, 4.69) is 22.5 Å². The fourth-order valence-electron chi connectivity index (χ4n) is 0.486. The van der Waals surface area contributed by atoms with E-state index in [0.29, 0.717) is 4.48 Å². The third-order valence-corrected chi connectivity index (χ3v) is 1.08. The molecular formula is C7H8BrNO2. The quantitative estimate of drug-likeness (QED) is 0.415. The summed E-state index contributed by atoms with van der Waals surface area (Å²) in [5.74, 6) is 0. The van der Waals surface area contributed by atoms with Gasteiger partial charge in [-0.2, -0.15) is 0 Å². The average molecular weight is 218 g/mol. The molecule has 0 amide bonds. The first kappa shape index (κ1) is 10.1. The maximum absolute atomic E-state index is 10.2. The fraction of sp³-hybridized carbons (Fsp3) is 0.143. The molecule has 0 saturated heterocycles. The van der Waals surface area contributed by atoms with E-state index in [9.17, 15) is 10.1 Å². The van der Waals surface area contributed by atoms with E-state index in [-0.39, 0.29) is 5.70 Å². The van der Waals surface area contributed by atoms with Crippen LogP contribution in [0.1, 0.15) is 6.92 Å². The first-order valence-corrected chi connectivity index (χ1v) is 3.68. The zero-order chi connectivity index (χ0) is 8.85. The summed E-state index contributed by atoms with van der Waals surface area (Å²) >= 11 is 3.09. The van der Waals surface area contributed by atoms with Gasteiger partial charge in [0.2, 0.25) is 0 Å². The second-order valence-corrected chi connectivity index (χ2v) is 3.07. The molecule has 0 saturated carbocycles. The molecule has 0 aliphatic carbocycles. The maximum Gasteiger partial charge on any atom is 0.270 e. The van der Waals surface area contributed by atoms with Gasteiger partial charge in [-0.3, -0.25) is 10.1 Å². The molecule has 3 nitrogen and oxygen atoms in total. The van der Waals surface area contributed by atoms with Crippen LogP contribution in [0.3, 0.4) is 0 Å². The van der Waals surface area contributed by atoms with Crippen LogP contribution in [0.25, 0.3) is 0 Å². The number of rotatable bonds is 3. The number of hydrogen-bond donors (Lipinski definition) is 0. The van der Waals surface area contributed by atoms with Crippen molar-refractivity contribution in [2.45, 2.75) is 6.92 Å². The third-order valence-electron chi connectivity index (χ3n) is 0.846. The highest BCUT2D eigenvalue weighted by atomic mass is 79.9. The van der Waals surface area contributed by atoms with E-state index in [1.807, 2.05) is 0 Å². The number of halogens is 1. The summed E-state index contributed by atoms with van der Waals surface area (Å²) in [7, 11) is 0. The van der Waals surface area contributed by atoms with Crippen LogP contribution in [-0.2, 0) is 0 Å². The molecule has 0 aromatic heterocycles. The van der Waals surface area contributed by atoms with Crippen LogP contribution in [0.2, 0.25) is 0 Å². The van der Waals surface area contributed by atoms with E-state index < -0.39 is 4.92 Å². The summed E-state index contributed by atoms with van der Waals surface area (Å²) < 4.78 is 0.710. The van der Waals surface area contributed by atoms with Crippen molar-refractivity contribution < 1.29 is 4.92 Å². The molecule has 0 radical (unpaired) electrons. The molecule has 4 heteroatoms. The normalized spacial score (nSPS) is 12.9. The molecule has 0 atom stereocenters. The van der Waals surface area contributed by atoms with Gasteiger partial charge in [-0.25, -0.2) is 0 Å². The van der Waals surface area contributed by atoms with Gasteiger partial charge in [-0.05, 0) is 11.4 Å². The second-order valence-electron chi connectivity index (χ2n) is 1.82. The lowest BCUT2D eigenvalue weighted by Crippen LogP contribution is -1.94. The van der Waals surface area contributed by atoms with Gasteiger partial charge in [0.05, 0.1) is 4.92 Å². The molecule has 0 unspecified atom stereocenters. The lowest BCUT2D eigenvalue weighted by molar-refractivity contribution is -0.419. The monoisotopic (exact) mass is 217 g/mol. The smallest absolute Gasteiger partial charge is 0.258 e. The lowest BCUT2D eigenvalue weighted by atomic mass is 10.3. The Bertz CT molecular complexity index is 227. The standard InChI is InChI=1S/C7H8BrNO2/c1-3-4-7(9(10)11)5-6(2)8/h3-5H,1H2,2H3/b6-5+,7-4+. The molecular weight excluding hydrogens is 210 g/mol.